The van der Waals surface area contributed by atoms with Gasteiger partial charge in [0.2, 0.25) is 0 Å². The summed E-state index contributed by atoms with van der Waals surface area (Å²) < 4.78 is 4.67. The summed E-state index contributed by atoms with van der Waals surface area (Å²) in [6.45, 7) is 5.68. The summed E-state index contributed by atoms with van der Waals surface area (Å²) in [6.07, 6.45) is 4.63. The van der Waals surface area contributed by atoms with Crippen LogP contribution in [0.5, 0.6) is 0 Å². The van der Waals surface area contributed by atoms with Crippen LogP contribution in [0.25, 0.3) is 0 Å². The number of rotatable bonds is 4. The highest BCUT2D eigenvalue weighted by molar-refractivity contribution is 5.91. The summed E-state index contributed by atoms with van der Waals surface area (Å²) >= 11 is 0. The number of piperidine rings is 1. The molecule has 2 heterocycles. The number of nitrogens with zero attached hydrogens (tertiary/aromatic N) is 2. The normalized spacial score (nSPS) is 19.1. The molecule has 1 saturated heterocycles. The van der Waals surface area contributed by atoms with Gasteiger partial charge in [-0.15, -0.1) is 5.92 Å². The maximum atomic E-state index is 11.8. The Morgan fingerprint density at radius 2 is 2.50 bits per heavy atom. The van der Waals surface area contributed by atoms with Gasteiger partial charge in [-0.25, -0.2) is 0 Å². The van der Waals surface area contributed by atoms with Gasteiger partial charge in [-0.1, -0.05) is 18.0 Å². The summed E-state index contributed by atoms with van der Waals surface area (Å²) in [4.78, 5) is 14.1. The van der Waals surface area contributed by atoms with Gasteiger partial charge in [-0.05, 0) is 25.3 Å². The summed E-state index contributed by atoms with van der Waals surface area (Å²) in [5, 5.41) is 6.55. The van der Waals surface area contributed by atoms with Crippen molar-refractivity contribution < 1.29 is 9.32 Å². The molecule has 0 aliphatic carbocycles. The summed E-state index contributed by atoms with van der Waals surface area (Å²) in [5.41, 5.74) is 0.339. The molecular formula is C15H21N3O2. The topological polar surface area (TPSA) is 58.4 Å². The van der Waals surface area contributed by atoms with E-state index in [0.717, 1.165) is 38.9 Å². The van der Waals surface area contributed by atoms with Crippen LogP contribution in [-0.4, -0.2) is 42.1 Å². The number of amides is 1. The average molecular weight is 275 g/mol. The lowest BCUT2D eigenvalue weighted by Gasteiger charge is -2.31. The van der Waals surface area contributed by atoms with Crippen molar-refractivity contribution >= 4 is 5.91 Å². The highest BCUT2D eigenvalue weighted by Gasteiger charge is 2.20. The zero-order valence-corrected chi connectivity index (χ0v) is 11.9. The second-order valence-corrected chi connectivity index (χ2v) is 5.05. The first-order valence-corrected chi connectivity index (χ1v) is 7.16. The number of nitrogens with one attached hydrogen (secondary N) is 1. The van der Waals surface area contributed by atoms with Crippen LogP contribution in [0, 0.1) is 17.8 Å². The average Bonchev–Trinajstić information content (AvgIpc) is 3.00. The molecule has 108 valence electrons. The summed E-state index contributed by atoms with van der Waals surface area (Å²) in [7, 11) is 0. The minimum Gasteiger partial charge on any atom is -0.364 e. The Balaban J connectivity index is 1.74. The Bertz CT molecular complexity index is 473. The zero-order valence-electron chi connectivity index (χ0n) is 11.9. The molecular weight excluding hydrogens is 254 g/mol. The van der Waals surface area contributed by atoms with Crippen LogP contribution >= 0.6 is 0 Å². The lowest BCUT2D eigenvalue weighted by atomic mass is 9.98. The van der Waals surface area contributed by atoms with Crippen molar-refractivity contribution in [1.29, 1.82) is 0 Å². The number of aromatic nitrogens is 1. The number of likely N-dealkylation sites (tertiary alicyclic amines) is 1. The van der Waals surface area contributed by atoms with Gasteiger partial charge >= 0.3 is 0 Å². The third-order valence-electron chi connectivity index (χ3n) is 3.43. The second-order valence-electron chi connectivity index (χ2n) is 5.05. The van der Waals surface area contributed by atoms with E-state index in [2.05, 4.69) is 38.7 Å². The van der Waals surface area contributed by atoms with Crippen LogP contribution in [0.3, 0.4) is 0 Å². The van der Waals surface area contributed by atoms with E-state index in [9.17, 15) is 4.79 Å². The SMILES string of the molecule is CCC#CCN1CCC[C@H](CNC(=O)c2ccon2)C1. The molecule has 1 aliphatic rings. The fraction of sp³-hybridized carbons (Fsp3) is 0.600. The fourth-order valence-electron chi connectivity index (χ4n) is 2.41. The minimum atomic E-state index is -0.165. The Kier molecular flexibility index (Phi) is 5.63. The maximum absolute atomic E-state index is 11.8. The van der Waals surface area contributed by atoms with Crippen molar-refractivity contribution in [3.63, 3.8) is 0 Å². The van der Waals surface area contributed by atoms with Crippen LogP contribution in [-0.2, 0) is 0 Å². The molecule has 1 aromatic rings. The molecule has 1 amide bonds. The van der Waals surface area contributed by atoms with Gasteiger partial charge in [0.15, 0.2) is 5.69 Å². The van der Waals surface area contributed by atoms with Crippen molar-refractivity contribution in [2.45, 2.75) is 26.2 Å². The van der Waals surface area contributed by atoms with E-state index < -0.39 is 0 Å². The fourth-order valence-corrected chi connectivity index (χ4v) is 2.41. The summed E-state index contributed by atoms with van der Waals surface area (Å²) in [5.74, 6) is 6.60. The molecule has 1 aromatic heterocycles. The molecule has 0 aromatic carbocycles. The first-order valence-electron chi connectivity index (χ1n) is 7.16. The molecule has 0 saturated carbocycles. The third kappa shape index (κ3) is 4.39. The van der Waals surface area contributed by atoms with Crippen LogP contribution in [0.2, 0.25) is 0 Å². The van der Waals surface area contributed by atoms with Crippen LogP contribution in [0.15, 0.2) is 16.9 Å². The van der Waals surface area contributed by atoms with Gasteiger partial charge in [0.25, 0.3) is 5.91 Å². The molecule has 5 heteroatoms. The van der Waals surface area contributed by atoms with Crippen LogP contribution < -0.4 is 5.32 Å². The monoisotopic (exact) mass is 275 g/mol. The van der Waals surface area contributed by atoms with E-state index in [1.54, 1.807) is 6.07 Å². The molecule has 20 heavy (non-hydrogen) atoms. The van der Waals surface area contributed by atoms with Crippen molar-refractivity contribution in [3.05, 3.63) is 18.0 Å². The summed E-state index contributed by atoms with van der Waals surface area (Å²) in [6, 6.07) is 1.57. The Hall–Kier alpha value is -1.80. The number of hydrogen-bond donors (Lipinski definition) is 1. The predicted octanol–water partition coefficient (Wildman–Crippen LogP) is 1.53. The highest BCUT2D eigenvalue weighted by Crippen LogP contribution is 2.15. The van der Waals surface area contributed by atoms with Crippen molar-refractivity contribution in [3.8, 4) is 11.8 Å². The lowest BCUT2D eigenvalue weighted by molar-refractivity contribution is 0.0926. The highest BCUT2D eigenvalue weighted by atomic mass is 16.5. The van der Waals surface area contributed by atoms with Gasteiger partial charge in [0.05, 0.1) is 6.54 Å². The Labute approximate surface area is 119 Å². The second kappa shape index (κ2) is 7.71. The minimum absolute atomic E-state index is 0.165. The van der Waals surface area contributed by atoms with Crippen molar-refractivity contribution in [2.75, 3.05) is 26.2 Å². The van der Waals surface area contributed by atoms with E-state index in [-0.39, 0.29) is 5.91 Å². The van der Waals surface area contributed by atoms with Crippen LogP contribution in [0.4, 0.5) is 0 Å². The van der Waals surface area contributed by atoms with E-state index in [1.165, 1.54) is 6.26 Å². The number of carbonyl (C=O) groups is 1. The zero-order chi connectivity index (χ0) is 14.2. The van der Waals surface area contributed by atoms with Gasteiger partial charge in [0, 0.05) is 25.6 Å². The van der Waals surface area contributed by atoms with E-state index in [1.807, 2.05) is 0 Å². The van der Waals surface area contributed by atoms with Crippen molar-refractivity contribution in [1.82, 2.24) is 15.4 Å². The standard InChI is InChI=1S/C15H21N3O2/c1-2-3-4-8-18-9-5-6-13(12-18)11-16-15(19)14-7-10-20-17-14/h7,10,13H,2,5-6,8-9,11-12H2,1H3,(H,16,19)/t13-/m1/s1. The quantitative estimate of drug-likeness (QED) is 0.847. The van der Waals surface area contributed by atoms with E-state index in [4.69, 9.17) is 0 Å². The van der Waals surface area contributed by atoms with Gasteiger partial charge < -0.3 is 9.84 Å². The lowest BCUT2D eigenvalue weighted by Crippen LogP contribution is -2.41. The Morgan fingerprint density at radius 3 is 3.25 bits per heavy atom. The molecule has 2 rings (SSSR count). The van der Waals surface area contributed by atoms with Crippen molar-refractivity contribution in [2.24, 2.45) is 5.92 Å². The molecule has 0 radical (unpaired) electrons. The molecule has 0 spiro atoms. The van der Waals surface area contributed by atoms with Crippen LogP contribution in [0.1, 0.15) is 36.7 Å². The number of hydrogen-bond acceptors (Lipinski definition) is 4. The van der Waals surface area contributed by atoms with Gasteiger partial charge in [0.1, 0.15) is 6.26 Å². The maximum Gasteiger partial charge on any atom is 0.273 e. The predicted molar refractivity (Wildman–Crippen MR) is 76.1 cm³/mol. The first kappa shape index (κ1) is 14.6. The number of carbonyl (C=O) groups excluding carboxylic acids is 1. The molecule has 5 nitrogen and oxygen atoms in total. The molecule has 1 N–H and O–H groups in total. The van der Waals surface area contributed by atoms with E-state index >= 15 is 0 Å². The Morgan fingerprint density at radius 1 is 1.60 bits per heavy atom. The molecule has 0 bridgehead atoms. The molecule has 1 aliphatic heterocycles. The third-order valence-corrected chi connectivity index (χ3v) is 3.43. The largest absolute Gasteiger partial charge is 0.364 e. The molecule has 0 unspecified atom stereocenters. The van der Waals surface area contributed by atoms with E-state index in [0.29, 0.717) is 18.2 Å². The van der Waals surface area contributed by atoms with Gasteiger partial charge in [-0.2, -0.15) is 0 Å². The first-order chi connectivity index (χ1) is 9.79. The molecule has 1 fully saturated rings. The van der Waals surface area contributed by atoms with Gasteiger partial charge in [-0.3, -0.25) is 9.69 Å². The smallest absolute Gasteiger partial charge is 0.273 e. The molecule has 1 atom stereocenters.